The minimum Gasteiger partial charge on any atom is -0.492 e. The highest BCUT2D eigenvalue weighted by atomic mass is 35.5. The van der Waals surface area contributed by atoms with Crippen molar-refractivity contribution in [2.24, 2.45) is 0 Å². The molecule has 4 aromatic rings. The Labute approximate surface area is 254 Å². The van der Waals surface area contributed by atoms with Gasteiger partial charge in [0.15, 0.2) is 0 Å². The van der Waals surface area contributed by atoms with E-state index in [0.717, 1.165) is 4.90 Å². The summed E-state index contributed by atoms with van der Waals surface area (Å²) in [6, 6.07) is 30.0. The van der Waals surface area contributed by atoms with Crippen molar-refractivity contribution >= 4 is 58.5 Å². The van der Waals surface area contributed by atoms with Gasteiger partial charge >= 0.3 is 0 Å². The number of hydrogen-bond acceptors (Lipinski definition) is 5. The number of nitrogens with one attached hydrogen (secondary N) is 3. The van der Waals surface area contributed by atoms with Crippen molar-refractivity contribution in [3.8, 4) is 5.75 Å². The predicted molar refractivity (Wildman–Crippen MR) is 170 cm³/mol. The second-order valence-electron chi connectivity index (χ2n) is 9.09. The normalized spacial score (nSPS) is 11.7. The Bertz CT molecular complexity index is 1580. The summed E-state index contributed by atoms with van der Waals surface area (Å²) in [6.45, 7) is 4.21. The monoisotopic (exact) mass is 599 g/mol. The maximum absolute atomic E-state index is 13.3. The summed E-state index contributed by atoms with van der Waals surface area (Å²) in [4.78, 5) is 39.8. The minimum atomic E-state index is -0.500. The highest BCUT2D eigenvalue weighted by molar-refractivity contribution is 8.00. The van der Waals surface area contributed by atoms with Crippen molar-refractivity contribution in [1.29, 1.82) is 0 Å². The lowest BCUT2D eigenvalue weighted by Crippen LogP contribution is -2.30. The van der Waals surface area contributed by atoms with Gasteiger partial charge in [0.1, 0.15) is 11.4 Å². The van der Waals surface area contributed by atoms with E-state index in [2.05, 4.69) is 16.0 Å². The Morgan fingerprint density at radius 1 is 0.881 bits per heavy atom. The largest absolute Gasteiger partial charge is 0.492 e. The van der Waals surface area contributed by atoms with Crippen molar-refractivity contribution in [3.63, 3.8) is 0 Å². The first kappa shape index (κ1) is 30.4. The summed E-state index contributed by atoms with van der Waals surface area (Å²) >= 11 is 7.51. The molecule has 0 aliphatic carbocycles. The summed E-state index contributed by atoms with van der Waals surface area (Å²) in [5.41, 5.74) is 2.28. The molecule has 4 aromatic carbocycles. The first-order valence-electron chi connectivity index (χ1n) is 13.3. The zero-order valence-corrected chi connectivity index (χ0v) is 24.7. The molecular weight excluding hydrogens is 570 g/mol. The number of hydrogen-bond donors (Lipinski definition) is 3. The quantitative estimate of drug-likeness (QED) is 0.124. The van der Waals surface area contributed by atoms with Crippen molar-refractivity contribution in [3.05, 3.63) is 125 Å². The molecule has 1 unspecified atom stereocenters. The smallest absolute Gasteiger partial charge is 0.272 e. The van der Waals surface area contributed by atoms with E-state index >= 15 is 0 Å². The van der Waals surface area contributed by atoms with Crippen LogP contribution in [-0.4, -0.2) is 29.6 Å². The van der Waals surface area contributed by atoms with Crippen LogP contribution in [0.1, 0.15) is 29.8 Å². The Morgan fingerprint density at radius 3 is 2.31 bits per heavy atom. The Morgan fingerprint density at radius 2 is 1.60 bits per heavy atom. The maximum atomic E-state index is 13.3. The fourth-order valence-corrected chi connectivity index (χ4v) is 4.93. The Hall–Kier alpha value is -4.53. The van der Waals surface area contributed by atoms with Crippen LogP contribution in [0.2, 0.25) is 5.02 Å². The van der Waals surface area contributed by atoms with Gasteiger partial charge in [-0.2, -0.15) is 0 Å². The molecule has 0 saturated heterocycles. The van der Waals surface area contributed by atoms with Gasteiger partial charge in [0.25, 0.3) is 11.8 Å². The molecule has 0 spiro atoms. The molecule has 4 rings (SSSR count). The number of amides is 3. The Kier molecular flexibility index (Phi) is 10.8. The van der Waals surface area contributed by atoms with E-state index in [-0.39, 0.29) is 16.9 Å². The molecule has 9 heteroatoms. The topological polar surface area (TPSA) is 96.5 Å². The highest BCUT2D eigenvalue weighted by Gasteiger charge is 2.18. The summed E-state index contributed by atoms with van der Waals surface area (Å²) in [5, 5.41) is 8.59. The molecule has 0 radical (unpaired) electrons. The molecule has 0 fully saturated rings. The van der Waals surface area contributed by atoms with Gasteiger partial charge in [-0.3, -0.25) is 14.4 Å². The van der Waals surface area contributed by atoms with Gasteiger partial charge in [0, 0.05) is 21.2 Å². The third-order valence-electron chi connectivity index (χ3n) is 5.93. The van der Waals surface area contributed by atoms with Crippen LogP contribution in [0.5, 0.6) is 5.75 Å². The van der Waals surface area contributed by atoms with E-state index in [9.17, 15) is 14.4 Å². The van der Waals surface area contributed by atoms with Crippen LogP contribution in [0.25, 0.3) is 6.08 Å². The summed E-state index contributed by atoms with van der Waals surface area (Å²) in [7, 11) is 0. The number of carbonyl (C=O) groups excluding carboxylic acids is 3. The molecule has 0 aliphatic heterocycles. The molecule has 3 amide bonds. The van der Waals surface area contributed by atoms with Crippen LogP contribution in [-0.2, 0) is 9.59 Å². The fourth-order valence-electron chi connectivity index (χ4n) is 3.86. The first-order valence-corrected chi connectivity index (χ1v) is 14.5. The number of halogens is 1. The predicted octanol–water partition coefficient (Wildman–Crippen LogP) is 7.27. The number of thioether (sulfide) groups is 1. The third-order valence-corrected chi connectivity index (χ3v) is 7.27. The molecule has 42 heavy (non-hydrogen) atoms. The molecule has 0 aromatic heterocycles. The van der Waals surface area contributed by atoms with Crippen LogP contribution < -0.4 is 20.7 Å². The fraction of sp³-hybridized carbons (Fsp3) is 0.121. The van der Waals surface area contributed by atoms with Gasteiger partial charge in [-0.25, -0.2) is 0 Å². The highest BCUT2D eigenvalue weighted by Crippen LogP contribution is 2.28. The van der Waals surface area contributed by atoms with E-state index < -0.39 is 11.8 Å². The number of para-hydroxylation sites is 2. The van der Waals surface area contributed by atoms with E-state index in [1.807, 2.05) is 50.2 Å². The minimum absolute atomic E-state index is 0.0576. The second kappa shape index (κ2) is 14.9. The standard InChI is InChI=1S/C33H30ClN3O4S/c1-3-41-30-15-8-7-14-28(30)36-31(38)22(2)42-27-18-16-26(17-19-27)35-33(40)29(21-23-10-9-13-25(34)20-23)37-32(39)24-11-5-4-6-12-24/h4-22H,3H2,1-2H3,(H,35,40)(H,36,38)(H,37,39)/b29-21-. The number of carbonyl (C=O) groups is 3. The molecule has 0 bridgehead atoms. The van der Waals surface area contributed by atoms with Crippen LogP contribution >= 0.6 is 23.4 Å². The lowest BCUT2D eigenvalue weighted by Gasteiger charge is -2.15. The van der Waals surface area contributed by atoms with Crippen molar-refractivity contribution in [1.82, 2.24) is 5.32 Å². The molecule has 0 heterocycles. The van der Waals surface area contributed by atoms with Gasteiger partial charge in [-0.15, -0.1) is 11.8 Å². The maximum Gasteiger partial charge on any atom is 0.272 e. The van der Waals surface area contributed by atoms with Gasteiger partial charge < -0.3 is 20.7 Å². The molecule has 0 aliphatic rings. The number of ether oxygens (including phenoxy) is 1. The lowest BCUT2D eigenvalue weighted by atomic mass is 10.1. The number of rotatable bonds is 11. The number of benzene rings is 4. The van der Waals surface area contributed by atoms with E-state index in [4.69, 9.17) is 16.3 Å². The molecular formula is C33H30ClN3O4S. The van der Waals surface area contributed by atoms with Gasteiger partial charge in [-0.1, -0.05) is 54.1 Å². The van der Waals surface area contributed by atoms with E-state index in [1.165, 1.54) is 11.8 Å². The van der Waals surface area contributed by atoms with Gasteiger partial charge in [-0.05, 0) is 86.2 Å². The average molecular weight is 600 g/mol. The zero-order chi connectivity index (χ0) is 29.9. The molecule has 7 nitrogen and oxygen atoms in total. The molecule has 0 saturated carbocycles. The van der Waals surface area contributed by atoms with Crippen LogP contribution in [0.3, 0.4) is 0 Å². The molecule has 214 valence electrons. The second-order valence-corrected chi connectivity index (χ2v) is 10.9. The zero-order valence-electron chi connectivity index (χ0n) is 23.1. The SMILES string of the molecule is CCOc1ccccc1NC(=O)C(C)Sc1ccc(NC(=O)/C(=C/c2cccc(Cl)c2)NC(=O)c2ccccc2)cc1. The van der Waals surface area contributed by atoms with Crippen LogP contribution in [0.4, 0.5) is 11.4 Å². The van der Waals surface area contributed by atoms with Crippen molar-refractivity contribution in [2.45, 2.75) is 24.0 Å². The third kappa shape index (κ3) is 8.73. The van der Waals surface area contributed by atoms with E-state index in [0.29, 0.717) is 39.9 Å². The number of anilines is 2. The lowest BCUT2D eigenvalue weighted by molar-refractivity contribution is -0.115. The summed E-state index contributed by atoms with van der Waals surface area (Å²) < 4.78 is 5.59. The summed E-state index contributed by atoms with van der Waals surface area (Å²) in [6.07, 6.45) is 1.57. The Balaban J connectivity index is 1.42. The van der Waals surface area contributed by atoms with Crippen LogP contribution in [0.15, 0.2) is 114 Å². The van der Waals surface area contributed by atoms with Crippen molar-refractivity contribution < 1.29 is 19.1 Å². The molecule has 3 N–H and O–H groups in total. The summed E-state index contributed by atoms with van der Waals surface area (Å²) in [5.74, 6) is -0.453. The van der Waals surface area contributed by atoms with Gasteiger partial charge in [0.2, 0.25) is 5.91 Å². The first-order chi connectivity index (χ1) is 20.3. The van der Waals surface area contributed by atoms with Crippen molar-refractivity contribution in [2.75, 3.05) is 17.2 Å². The van der Waals surface area contributed by atoms with Crippen LogP contribution in [0, 0.1) is 0 Å². The average Bonchev–Trinajstić information content (AvgIpc) is 2.99. The van der Waals surface area contributed by atoms with E-state index in [1.54, 1.807) is 72.8 Å². The molecule has 1 atom stereocenters. The van der Waals surface area contributed by atoms with Gasteiger partial charge in [0.05, 0.1) is 17.5 Å².